The van der Waals surface area contributed by atoms with Crippen LogP contribution in [0.1, 0.15) is 27.1 Å². The van der Waals surface area contributed by atoms with E-state index in [0.29, 0.717) is 34.9 Å². The number of amides is 2. The number of rotatable bonds is 3. The summed E-state index contributed by atoms with van der Waals surface area (Å²) >= 11 is 6.16. The van der Waals surface area contributed by atoms with Crippen LogP contribution < -0.4 is 10.6 Å². The molecule has 2 aromatic rings. The molecule has 0 aromatic heterocycles. The molecule has 0 saturated carbocycles. The van der Waals surface area contributed by atoms with Crippen LogP contribution in [0.4, 0.5) is 10.1 Å². The van der Waals surface area contributed by atoms with E-state index < -0.39 is 11.7 Å². The number of carbonyl (C=O) groups excluding carboxylic acids is 2. The Morgan fingerprint density at radius 1 is 1.04 bits per heavy atom. The molecule has 1 aliphatic rings. The number of carbonyl (C=O) groups is 2. The van der Waals surface area contributed by atoms with Crippen molar-refractivity contribution in [3.8, 4) is 0 Å². The molecule has 5 nitrogen and oxygen atoms in total. The van der Waals surface area contributed by atoms with Crippen LogP contribution >= 0.6 is 11.6 Å². The molecule has 7 heteroatoms. The van der Waals surface area contributed by atoms with Gasteiger partial charge >= 0.3 is 0 Å². The van der Waals surface area contributed by atoms with Crippen molar-refractivity contribution in [2.75, 3.05) is 31.5 Å². The summed E-state index contributed by atoms with van der Waals surface area (Å²) in [5.41, 5.74) is 1.11. The average Bonchev–Trinajstić information content (AvgIpc) is 2.93. The Labute approximate surface area is 156 Å². The van der Waals surface area contributed by atoms with Crippen LogP contribution in [-0.2, 0) is 0 Å². The Morgan fingerprint density at radius 2 is 1.77 bits per heavy atom. The van der Waals surface area contributed by atoms with E-state index >= 15 is 0 Å². The topological polar surface area (TPSA) is 61.4 Å². The van der Waals surface area contributed by atoms with Crippen LogP contribution in [0, 0.1) is 5.82 Å². The maximum atomic E-state index is 13.0. The second kappa shape index (κ2) is 8.29. The largest absolute Gasteiger partial charge is 0.337 e. The van der Waals surface area contributed by atoms with Crippen LogP contribution in [0.25, 0.3) is 0 Å². The smallest absolute Gasteiger partial charge is 0.255 e. The van der Waals surface area contributed by atoms with Crippen molar-refractivity contribution in [3.63, 3.8) is 0 Å². The Kier molecular flexibility index (Phi) is 5.85. The third kappa shape index (κ3) is 4.39. The van der Waals surface area contributed by atoms with E-state index in [-0.39, 0.29) is 5.91 Å². The van der Waals surface area contributed by atoms with Gasteiger partial charge in [0.15, 0.2) is 0 Å². The van der Waals surface area contributed by atoms with Crippen molar-refractivity contribution in [2.24, 2.45) is 0 Å². The summed E-state index contributed by atoms with van der Waals surface area (Å²) in [6.45, 7) is 2.97. The molecule has 0 atom stereocenters. The molecule has 0 radical (unpaired) electrons. The van der Waals surface area contributed by atoms with Crippen molar-refractivity contribution in [1.82, 2.24) is 10.2 Å². The molecule has 1 fully saturated rings. The SMILES string of the molecule is O=C(Nc1cc(C(=O)N2CCCNCC2)ccc1Cl)c1ccc(F)cc1. The highest BCUT2D eigenvalue weighted by Gasteiger charge is 2.19. The Hall–Kier alpha value is -2.44. The Morgan fingerprint density at radius 3 is 2.54 bits per heavy atom. The van der Waals surface area contributed by atoms with Crippen molar-refractivity contribution >= 4 is 29.1 Å². The first-order chi connectivity index (χ1) is 12.5. The minimum atomic E-state index is -0.421. The summed E-state index contributed by atoms with van der Waals surface area (Å²) in [6, 6.07) is 10.0. The van der Waals surface area contributed by atoms with E-state index in [1.165, 1.54) is 24.3 Å². The molecule has 1 aliphatic heterocycles. The molecule has 0 unspecified atom stereocenters. The second-order valence-electron chi connectivity index (χ2n) is 6.05. The van der Waals surface area contributed by atoms with Gasteiger partial charge in [-0.25, -0.2) is 4.39 Å². The maximum Gasteiger partial charge on any atom is 0.255 e. The number of nitrogens with one attached hydrogen (secondary N) is 2. The lowest BCUT2D eigenvalue weighted by Crippen LogP contribution is -2.34. The van der Waals surface area contributed by atoms with Gasteiger partial charge in [0.25, 0.3) is 11.8 Å². The standard InChI is InChI=1S/C19H19ClFN3O2/c20-16-7-4-14(19(26)24-10-1-8-22-9-11-24)12-17(16)23-18(25)13-2-5-15(21)6-3-13/h2-7,12,22H,1,8-11H2,(H,23,25). The summed E-state index contributed by atoms with van der Waals surface area (Å²) in [6.07, 6.45) is 0.896. The first-order valence-corrected chi connectivity index (χ1v) is 8.79. The number of nitrogens with zero attached hydrogens (tertiary/aromatic N) is 1. The first-order valence-electron chi connectivity index (χ1n) is 8.41. The fraction of sp³-hybridized carbons (Fsp3) is 0.263. The van der Waals surface area contributed by atoms with E-state index in [1.54, 1.807) is 23.1 Å². The minimum absolute atomic E-state index is 0.0948. The number of benzene rings is 2. The van der Waals surface area contributed by atoms with Crippen LogP contribution in [0.5, 0.6) is 0 Å². The predicted molar refractivity (Wildman–Crippen MR) is 99.2 cm³/mol. The molecule has 1 saturated heterocycles. The zero-order chi connectivity index (χ0) is 18.5. The molecule has 0 bridgehead atoms. The third-order valence-electron chi connectivity index (χ3n) is 4.20. The van der Waals surface area contributed by atoms with E-state index in [9.17, 15) is 14.0 Å². The monoisotopic (exact) mass is 375 g/mol. The number of hydrogen-bond acceptors (Lipinski definition) is 3. The molecule has 1 heterocycles. The van der Waals surface area contributed by atoms with Gasteiger partial charge < -0.3 is 15.5 Å². The lowest BCUT2D eigenvalue weighted by molar-refractivity contribution is 0.0766. The first kappa shape index (κ1) is 18.4. The second-order valence-corrected chi connectivity index (χ2v) is 6.46. The zero-order valence-electron chi connectivity index (χ0n) is 14.1. The fourth-order valence-corrected chi connectivity index (χ4v) is 2.95. The molecule has 136 valence electrons. The molecule has 2 N–H and O–H groups in total. The summed E-state index contributed by atoms with van der Waals surface area (Å²) in [5.74, 6) is -0.933. The lowest BCUT2D eigenvalue weighted by atomic mass is 10.1. The van der Waals surface area contributed by atoms with Gasteiger partial charge in [-0.05, 0) is 55.4 Å². The average molecular weight is 376 g/mol. The van der Waals surface area contributed by atoms with Gasteiger partial charge in [-0.3, -0.25) is 9.59 Å². The minimum Gasteiger partial charge on any atom is -0.337 e. The summed E-state index contributed by atoms with van der Waals surface area (Å²) in [5, 5.41) is 6.26. The molecule has 26 heavy (non-hydrogen) atoms. The highest BCUT2D eigenvalue weighted by atomic mass is 35.5. The van der Waals surface area contributed by atoms with Crippen LogP contribution in [0.15, 0.2) is 42.5 Å². The summed E-state index contributed by atoms with van der Waals surface area (Å²) < 4.78 is 13.0. The van der Waals surface area contributed by atoms with Crippen molar-refractivity contribution in [3.05, 3.63) is 64.4 Å². The van der Waals surface area contributed by atoms with Crippen LogP contribution in [0.2, 0.25) is 5.02 Å². The van der Waals surface area contributed by atoms with E-state index in [2.05, 4.69) is 10.6 Å². The zero-order valence-corrected chi connectivity index (χ0v) is 14.9. The van der Waals surface area contributed by atoms with E-state index in [4.69, 9.17) is 11.6 Å². The van der Waals surface area contributed by atoms with Gasteiger partial charge in [-0.1, -0.05) is 11.6 Å². The number of halogens is 2. The molecule has 3 rings (SSSR count). The van der Waals surface area contributed by atoms with Crippen molar-refractivity contribution in [1.29, 1.82) is 0 Å². The Balaban J connectivity index is 1.77. The molecule has 2 aromatic carbocycles. The normalized spacial score (nSPS) is 14.6. The highest BCUT2D eigenvalue weighted by Crippen LogP contribution is 2.24. The van der Waals surface area contributed by atoms with Gasteiger partial charge in [0, 0.05) is 30.8 Å². The summed E-state index contributed by atoms with van der Waals surface area (Å²) in [7, 11) is 0. The molecular weight excluding hydrogens is 357 g/mol. The van der Waals surface area contributed by atoms with Gasteiger partial charge in [0.1, 0.15) is 5.82 Å². The van der Waals surface area contributed by atoms with Crippen LogP contribution in [-0.4, -0.2) is 42.9 Å². The molecule has 0 aliphatic carbocycles. The highest BCUT2D eigenvalue weighted by molar-refractivity contribution is 6.34. The molecule has 2 amide bonds. The quantitative estimate of drug-likeness (QED) is 0.866. The lowest BCUT2D eigenvalue weighted by Gasteiger charge is -2.20. The maximum absolute atomic E-state index is 13.0. The van der Waals surface area contributed by atoms with Gasteiger partial charge in [0.2, 0.25) is 0 Å². The van der Waals surface area contributed by atoms with Crippen molar-refractivity contribution in [2.45, 2.75) is 6.42 Å². The predicted octanol–water partition coefficient (Wildman–Crippen LogP) is 3.17. The molecular formula is C19H19ClFN3O2. The van der Waals surface area contributed by atoms with Crippen molar-refractivity contribution < 1.29 is 14.0 Å². The van der Waals surface area contributed by atoms with Gasteiger partial charge in [-0.15, -0.1) is 0 Å². The fourth-order valence-electron chi connectivity index (χ4n) is 2.78. The third-order valence-corrected chi connectivity index (χ3v) is 4.52. The summed E-state index contributed by atoms with van der Waals surface area (Å²) in [4.78, 5) is 26.8. The molecule has 0 spiro atoms. The van der Waals surface area contributed by atoms with Gasteiger partial charge in [-0.2, -0.15) is 0 Å². The number of anilines is 1. The van der Waals surface area contributed by atoms with E-state index in [1.807, 2.05) is 0 Å². The van der Waals surface area contributed by atoms with Gasteiger partial charge in [0.05, 0.1) is 10.7 Å². The van der Waals surface area contributed by atoms with E-state index in [0.717, 1.165) is 19.5 Å². The van der Waals surface area contributed by atoms with Crippen LogP contribution in [0.3, 0.4) is 0 Å². The number of hydrogen-bond donors (Lipinski definition) is 2. The Bertz CT molecular complexity index is 803.